The van der Waals surface area contributed by atoms with Crippen molar-refractivity contribution < 1.29 is 26.5 Å². The lowest BCUT2D eigenvalue weighted by Crippen LogP contribution is -2.35. The highest BCUT2D eigenvalue weighted by molar-refractivity contribution is 7.93. The van der Waals surface area contributed by atoms with Gasteiger partial charge >= 0.3 is 5.97 Å². The molecule has 0 amide bonds. The first kappa shape index (κ1) is 21.1. The Morgan fingerprint density at radius 2 is 1.33 bits per heavy atom. The predicted octanol–water partition coefficient (Wildman–Crippen LogP) is 1.73. The number of sulfone groups is 2. The van der Waals surface area contributed by atoms with Crippen molar-refractivity contribution in [1.29, 1.82) is 0 Å². The number of hydrogen-bond donors (Lipinski definition) is 1. The van der Waals surface area contributed by atoms with Gasteiger partial charge in [0.05, 0.1) is 15.5 Å². The molecule has 2 aromatic carbocycles. The molecule has 0 aromatic heterocycles. The van der Waals surface area contributed by atoms with Crippen LogP contribution in [0, 0.1) is 13.8 Å². The lowest BCUT2D eigenvalue weighted by Gasteiger charge is -2.15. The molecule has 7 nitrogen and oxygen atoms in total. The highest BCUT2D eigenvalue weighted by Crippen LogP contribution is 2.22. The number of rotatable bonds is 7. The summed E-state index contributed by atoms with van der Waals surface area (Å²) >= 11 is 0. The number of aryl methyl sites for hydroxylation is 2. The maximum absolute atomic E-state index is 12.8. The summed E-state index contributed by atoms with van der Waals surface area (Å²) in [5.41, 5.74) is 1.73. The molecule has 0 bridgehead atoms. The number of benzene rings is 2. The Labute approximate surface area is 158 Å². The summed E-state index contributed by atoms with van der Waals surface area (Å²) in [6, 6.07) is 12.0. The Hall–Kier alpha value is -2.23. The van der Waals surface area contributed by atoms with Gasteiger partial charge in [-0.3, -0.25) is 0 Å². The van der Waals surface area contributed by atoms with Crippen molar-refractivity contribution in [3.63, 3.8) is 0 Å². The molecule has 2 N–H and O–H groups in total. The molecular formula is C18H21NO6S2. The molecular weight excluding hydrogens is 390 g/mol. The average Bonchev–Trinajstić information content (AvgIpc) is 2.62. The summed E-state index contributed by atoms with van der Waals surface area (Å²) in [5, 5.41) is -1.72. The standard InChI is InChI=1S/C18H21NO6S2/c1-13-3-7-15(8-4-13)26(21,22)12-11-17(18(20)25-19)27(23,24)16-9-5-14(2)6-10-16/h3-10,17H,11-12,19H2,1-2H3. The van der Waals surface area contributed by atoms with Crippen molar-refractivity contribution in [2.45, 2.75) is 35.3 Å². The van der Waals surface area contributed by atoms with E-state index in [1.54, 1.807) is 31.2 Å². The molecule has 0 aliphatic carbocycles. The third kappa shape index (κ3) is 4.94. The van der Waals surface area contributed by atoms with E-state index >= 15 is 0 Å². The lowest BCUT2D eigenvalue weighted by molar-refractivity contribution is -0.143. The maximum Gasteiger partial charge on any atom is 0.343 e. The molecule has 0 spiro atoms. The largest absolute Gasteiger partial charge is 0.372 e. The number of hydrogen-bond acceptors (Lipinski definition) is 7. The molecule has 0 aliphatic heterocycles. The Bertz CT molecular complexity index is 1010. The van der Waals surface area contributed by atoms with E-state index in [1.165, 1.54) is 24.3 Å². The van der Waals surface area contributed by atoms with E-state index in [-0.39, 0.29) is 9.79 Å². The summed E-state index contributed by atoms with van der Waals surface area (Å²) in [5.74, 6) is 3.14. The fourth-order valence-electron chi connectivity index (χ4n) is 2.49. The van der Waals surface area contributed by atoms with E-state index in [0.29, 0.717) is 0 Å². The smallest absolute Gasteiger partial charge is 0.343 e. The highest BCUT2D eigenvalue weighted by Gasteiger charge is 2.36. The number of nitrogens with two attached hydrogens (primary N) is 1. The lowest BCUT2D eigenvalue weighted by atomic mass is 10.2. The molecule has 1 unspecified atom stereocenters. The summed E-state index contributed by atoms with van der Waals surface area (Å²) in [4.78, 5) is 16.0. The van der Waals surface area contributed by atoms with E-state index in [4.69, 9.17) is 5.90 Å². The minimum absolute atomic E-state index is 0.0562. The van der Waals surface area contributed by atoms with E-state index in [0.717, 1.165) is 11.1 Å². The maximum atomic E-state index is 12.8. The fourth-order valence-corrected chi connectivity index (χ4v) is 5.56. The van der Waals surface area contributed by atoms with Crippen LogP contribution in [-0.2, 0) is 29.3 Å². The first-order valence-corrected chi connectivity index (χ1v) is 11.3. The van der Waals surface area contributed by atoms with Gasteiger partial charge in [-0.25, -0.2) is 21.6 Å². The van der Waals surface area contributed by atoms with Gasteiger partial charge < -0.3 is 4.84 Å². The molecule has 0 fully saturated rings. The molecule has 27 heavy (non-hydrogen) atoms. The first-order chi connectivity index (χ1) is 12.6. The zero-order chi connectivity index (χ0) is 20.2. The van der Waals surface area contributed by atoms with E-state index in [9.17, 15) is 21.6 Å². The second-order valence-electron chi connectivity index (χ2n) is 6.20. The van der Waals surface area contributed by atoms with Crippen LogP contribution in [0.5, 0.6) is 0 Å². The fraction of sp³-hybridized carbons (Fsp3) is 0.278. The SMILES string of the molecule is Cc1ccc(S(=O)(=O)CCC(C(=O)ON)S(=O)(=O)c2ccc(C)cc2)cc1. The van der Waals surface area contributed by atoms with Crippen molar-refractivity contribution in [2.24, 2.45) is 5.90 Å². The molecule has 0 aliphatic rings. The van der Waals surface area contributed by atoms with Crippen molar-refractivity contribution in [3.8, 4) is 0 Å². The molecule has 9 heteroatoms. The summed E-state index contributed by atoms with van der Waals surface area (Å²) < 4.78 is 50.6. The topological polar surface area (TPSA) is 121 Å². The second-order valence-corrected chi connectivity index (χ2v) is 10.4. The molecule has 2 rings (SSSR count). The van der Waals surface area contributed by atoms with Gasteiger partial charge in [0, 0.05) is 0 Å². The summed E-state index contributed by atoms with van der Waals surface area (Å²) in [7, 11) is -7.94. The third-order valence-electron chi connectivity index (χ3n) is 4.13. The van der Waals surface area contributed by atoms with Crippen molar-refractivity contribution in [3.05, 3.63) is 59.7 Å². The van der Waals surface area contributed by atoms with Crippen LogP contribution >= 0.6 is 0 Å². The third-order valence-corrected chi connectivity index (χ3v) is 8.00. The zero-order valence-corrected chi connectivity index (χ0v) is 16.6. The molecule has 146 valence electrons. The molecule has 1 atom stereocenters. The average molecular weight is 412 g/mol. The molecule has 2 aromatic rings. The van der Waals surface area contributed by atoms with Gasteiger partial charge in [-0.15, -0.1) is 0 Å². The first-order valence-electron chi connectivity index (χ1n) is 8.08. The predicted molar refractivity (Wildman–Crippen MR) is 100 cm³/mol. The van der Waals surface area contributed by atoms with E-state index in [1.807, 2.05) is 6.92 Å². The summed E-state index contributed by atoms with van der Waals surface area (Å²) in [6.07, 6.45) is -0.470. The summed E-state index contributed by atoms with van der Waals surface area (Å²) in [6.45, 7) is 3.61. The van der Waals surface area contributed by atoms with Crippen LogP contribution in [0.3, 0.4) is 0 Å². The van der Waals surface area contributed by atoms with Gasteiger partial charge in [0.2, 0.25) is 0 Å². The quantitative estimate of drug-likeness (QED) is 0.689. The minimum Gasteiger partial charge on any atom is -0.372 e. The molecule has 0 saturated carbocycles. The molecule has 0 radical (unpaired) electrons. The van der Waals surface area contributed by atoms with Crippen LogP contribution in [-0.4, -0.2) is 33.8 Å². The van der Waals surface area contributed by atoms with E-state index in [2.05, 4.69) is 4.84 Å². The second kappa shape index (κ2) is 8.20. The van der Waals surface area contributed by atoms with Gasteiger partial charge in [0.15, 0.2) is 24.9 Å². The van der Waals surface area contributed by atoms with Crippen molar-refractivity contribution in [1.82, 2.24) is 0 Å². The Kier molecular flexibility index (Phi) is 6.40. The van der Waals surface area contributed by atoms with Crippen molar-refractivity contribution in [2.75, 3.05) is 5.75 Å². The molecule has 0 saturated heterocycles. The van der Waals surface area contributed by atoms with Crippen LogP contribution in [0.2, 0.25) is 0 Å². The van der Waals surface area contributed by atoms with Gasteiger partial charge in [0.25, 0.3) is 0 Å². The Balaban J connectivity index is 2.31. The number of carbonyl (C=O) groups excluding carboxylic acids is 1. The monoisotopic (exact) mass is 411 g/mol. The Morgan fingerprint density at radius 3 is 1.78 bits per heavy atom. The highest BCUT2D eigenvalue weighted by atomic mass is 32.2. The van der Waals surface area contributed by atoms with Crippen LogP contribution < -0.4 is 5.90 Å². The van der Waals surface area contributed by atoms with Gasteiger partial charge in [-0.05, 0) is 44.5 Å². The zero-order valence-electron chi connectivity index (χ0n) is 15.0. The van der Waals surface area contributed by atoms with Crippen LogP contribution in [0.4, 0.5) is 0 Å². The van der Waals surface area contributed by atoms with Crippen LogP contribution in [0.15, 0.2) is 58.3 Å². The van der Waals surface area contributed by atoms with E-state index < -0.39 is 43.1 Å². The van der Waals surface area contributed by atoms with Gasteiger partial charge in [-0.2, -0.15) is 5.90 Å². The van der Waals surface area contributed by atoms with Gasteiger partial charge in [-0.1, -0.05) is 35.4 Å². The minimum atomic E-state index is -4.16. The normalized spacial score (nSPS) is 13.1. The Morgan fingerprint density at radius 1 is 0.889 bits per heavy atom. The van der Waals surface area contributed by atoms with Crippen LogP contribution in [0.1, 0.15) is 17.5 Å². The number of carbonyl (C=O) groups is 1. The van der Waals surface area contributed by atoms with Crippen molar-refractivity contribution >= 4 is 25.6 Å². The molecule has 0 heterocycles. The van der Waals surface area contributed by atoms with Crippen LogP contribution in [0.25, 0.3) is 0 Å². The van der Waals surface area contributed by atoms with Gasteiger partial charge in [0.1, 0.15) is 0 Å².